The third-order valence-corrected chi connectivity index (χ3v) is 5.26. The number of nitrogens with one attached hydrogen (secondary N) is 1. The molecule has 0 bridgehead atoms. The van der Waals surface area contributed by atoms with Crippen molar-refractivity contribution in [1.82, 2.24) is 10.2 Å². The van der Waals surface area contributed by atoms with Crippen LogP contribution < -0.4 is 5.32 Å². The molecule has 0 aliphatic rings. The lowest BCUT2D eigenvalue weighted by molar-refractivity contribution is 0.0598. The van der Waals surface area contributed by atoms with Crippen LogP contribution in [0.4, 0.5) is 9.52 Å². The number of anilines is 1. The van der Waals surface area contributed by atoms with Gasteiger partial charge in [0.2, 0.25) is 5.13 Å². The summed E-state index contributed by atoms with van der Waals surface area (Å²) in [6.45, 7) is 0.532. The van der Waals surface area contributed by atoms with Crippen molar-refractivity contribution in [2.24, 2.45) is 0 Å². The van der Waals surface area contributed by atoms with Gasteiger partial charge in [0.1, 0.15) is 17.1 Å². The first-order valence-electron chi connectivity index (χ1n) is 7.25. The number of ether oxygens (including phenoxy) is 1. The molecule has 1 N–H and O–H groups in total. The summed E-state index contributed by atoms with van der Waals surface area (Å²) >= 11 is 2.81. The molecule has 0 aliphatic heterocycles. The van der Waals surface area contributed by atoms with Crippen LogP contribution in [0.3, 0.4) is 0 Å². The van der Waals surface area contributed by atoms with E-state index in [1.54, 1.807) is 18.2 Å². The number of thioether (sulfide) groups is 1. The van der Waals surface area contributed by atoms with E-state index in [1.807, 2.05) is 0 Å². The molecule has 0 unspecified atom stereocenters. The maximum Gasteiger partial charge on any atom is 0.341 e. The Labute approximate surface area is 151 Å². The predicted molar refractivity (Wildman–Crippen MR) is 93.2 cm³/mol. The smallest absolute Gasteiger partial charge is 0.341 e. The van der Waals surface area contributed by atoms with Crippen LogP contribution in [-0.2, 0) is 17.0 Å². The molecule has 3 rings (SSSR count). The Balaban J connectivity index is 1.54. The van der Waals surface area contributed by atoms with E-state index in [0.717, 1.165) is 9.90 Å². The normalized spacial score (nSPS) is 10.6. The van der Waals surface area contributed by atoms with Gasteiger partial charge < -0.3 is 14.5 Å². The zero-order valence-electron chi connectivity index (χ0n) is 13.2. The average molecular weight is 379 g/mol. The standard InChI is InChI=1S/C16H14FN3O3S2/c1-22-14(21)12-6-7-23-13(12)9-24-16-20-19-15(25-16)18-8-10-2-4-11(17)5-3-10/h2-7H,8-9H2,1H3,(H,18,19). The zero-order valence-corrected chi connectivity index (χ0v) is 14.8. The fourth-order valence-corrected chi connectivity index (χ4v) is 3.69. The molecule has 2 heterocycles. The number of rotatable bonds is 7. The Morgan fingerprint density at radius 2 is 2.12 bits per heavy atom. The Bertz CT molecular complexity index is 848. The van der Waals surface area contributed by atoms with Crippen molar-refractivity contribution in [3.8, 4) is 0 Å². The van der Waals surface area contributed by atoms with Crippen LogP contribution in [0.25, 0.3) is 0 Å². The number of furan rings is 1. The maximum absolute atomic E-state index is 12.9. The molecule has 0 aliphatic carbocycles. The van der Waals surface area contributed by atoms with E-state index in [4.69, 9.17) is 9.15 Å². The van der Waals surface area contributed by atoms with Crippen molar-refractivity contribution in [2.75, 3.05) is 12.4 Å². The molecule has 130 valence electrons. The Kier molecular flexibility index (Phi) is 5.67. The molecular weight excluding hydrogens is 365 g/mol. The number of methoxy groups -OCH3 is 1. The second kappa shape index (κ2) is 8.13. The van der Waals surface area contributed by atoms with Crippen LogP contribution in [0.5, 0.6) is 0 Å². The van der Waals surface area contributed by atoms with Crippen LogP contribution in [0, 0.1) is 5.82 Å². The van der Waals surface area contributed by atoms with Crippen LogP contribution >= 0.6 is 23.1 Å². The van der Waals surface area contributed by atoms with Gasteiger partial charge in [0, 0.05) is 6.54 Å². The van der Waals surface area contributed by atoms with E-state index in [2.05, 4.69) is 15.5 Å². The van der Waals surface area contributed by atoms with Crippen molar-refractivity contribution in [1.29, 1.82) is 0 Å². The number of esters is 1. The number of aromatic nitrogens is 2. The lowest BCUT2D eigenvalue weighted by atomic mass is 10.2. The highest BCUT2D eigenvalue weighted by Crippen LogP contribution is 2.30. The summed E-state index contributed by atoms with van der Waals surface area (Å²) in [6, 6.07) is 7.84. The monoisotopic (exact) mass is 379 g/mol. The van der Waals surface area contributed by atoms with Gasteiger partial charge in [0.25, 0.3) is 0 Å². The van der Waals surface area contributed by atoms with Gasteiger partial charge in [0.05, 0.1) is 19.1 Å². The topological polar surface area (TPSA) is 77.2 Å². The Morgan fingerprint density at radius 3 is 2.88 bits per heavy atom. The predicted octanol–water partition coefficient (Wildman–Crippen LogP) is 3.96. The SMILES string of the molecule is COC(=O)c1ccoc1CSc1nnc(NCc2ccc(F)cc2)s1. The van der Waals surface area contributed by atoms with Gasteiger partial charge in [-0.05, 0) is 23.8 Å². The van der Waals surface area contributed by atoms with Gasteiger partial charge in [0.15, 0.2) is 4.34 Å². The summed E-state index contributed by atoms with van der Waals surface area (Å²) in [5, 5.41) is 12.0. The third kappa shape index (κ3) is 4.58. The van der Waals surface area contributed by atoms with E-state index in [-0.39, 0.29) is 5.82 Å². The summed E-state index contributed by atoms with van der Waals surface area (Å²) in [5.41, 5.74) is 1.36. The molecular formula is C16H14FN3O3S2. The van der Waals surface area contributed by atoms with E-state index < -0.39 is 5.97 Å². The first-order valence-corrected chi connectivity index (χ1v) is 9.05. The number of carbonyl (C=O) groups is 1. The number of hydrogen-bond donors (Lipinski definition) is 1. The minimum Gasteiger partial charge on any atom is -0.468 e. The van der Waals surface area contributed by atoms with Gasteiger partial charge in [-0.2, -0.15) is 0 Å². The number of carbonyl (C=O) groups excluding carboxylic acids is 1. The third-order valence-electron chi connectivity index (χ3n) is 3.24. The molecule has 0 radical (unpaired) electrons. The summed E-state index contributed by atoms with van der Waals surface area (Å²) in [5.74, 6) is 0.294. The minimum absolute atomic E-state index is 0.261. The summed E-state index contributed by atoms with van der Waals surface area (Å²) in [4.78, 5) is 11.6. The molecule has 1 aromatic carbocycles. The van der Waals surface area contributed by atoms with Gasteiger partial charge in [-0.1, -0.05) is 35.2 Å². The fraction of sp³-hybridized carbons (Fsp3) is 0.188. The van der Waals surface area contributed by atoms with Crippen LogP contribution in [0.2, 0.25) is 0 Å². The largest absolute Gasteiger partial charge is 0.468 e. The van der Waals surface area contributed by atoms with Crippen molar-refractivity contribution < 1.29 is 18.3 Å². The molecule has 0 spiro atoms. The second-order valence-electron chi connectivity index (χ2n) is 4.89. The van der Waals surface area contributed by atoms with Gasteiger partial charge >= 0.3 is 5.97 Å². The first-order chi connectivity index (χ1) is 12.2. The molecule has 2 aromatic heterocycles. The molecule has 25 heavy (non-hydrogen) atoms. The molecule has 0 atom stereocenters. The molecule has 0 saturated heterocycles. The molecule has 0 amide bonds. The van der Waals surface area contributed by atoms with Gasteiger partial charge in [-0.15, -0.1) is 10.2 Å². The lowest BCUT2D eigenvalue weighted by Crippen LogP contribution is -2.02. The van der Waals surface area contributed by atoms with Crippen LogP contribution in [0.15, 0.2) is 45.4 Å². The quantitative estimate of drug-likeness (QED) is 0.492. The number of nitrogens with zero attached hydrogens (tertiary/aromatic N) is 2. The molecule has 9 heteroatoms. The lowest BCUT2D eigenvalue weighted by Gasteiger charge is -2.01. The van der Waals surface area contributed by atoms with Crippen LogP contribution in [-0.4, -0.2) is 23.3 Å². The van der Waals surface area contributed by atoms with E-state index >= 15 is 0 Å². The van der Waals surface area contributed by atoms with Crippen molar-refractivity contribution in [3.05, 3.63) is 59.3 Å². The molecule has 6 nitrogen and oxygen atoms in total. The summed E-state index contributed by atoms with van der Waals surface area (Å²) in [7, 11) is 1.33. The zero-order chi connectivity index (χ0) is 17.6. The van der Waals surface area contributed by atoms with E-state index in [0.29, 0.717) is 28.8 Å². The molecule has 0 fully saturated rings. The van der Waals surface area contributed by atoms with Crippen molar-refractivity contribution >= 4 is 34.2 Å². The second-order valence-corrected chi connectivity index (χ2v) is 7.09. The number of hydrogen-bond acceptors (Lipinski definition) is 8. The van der Waals surface area contributed by atoms with Crippen molar-refractivity contribution in [2.45, 2.75) is 16.6 Å². The highest BCUT2D eigenvalue weighted by atomic mass is 32.2. The average Bonchev–Trinajstić information content (AvgIpc) is 3.28. The fourth-order valence-electron chi connectivity index (χ4n) is 1.99. The number of halogens is 1. The highest BCUT2D eigenvalue weighted by Gasteiger charge is 2.16. The number of benzene rings is 1. The Hall–Kier alpha value is -2.39. The summed E-state index contributed by atoms with van der Waals surface area (Å²) < 4.78 is 23.6. The van der Waals surface area contributed by atoms with Crippen molar-refractivity contribution in [3.63, 3.8) is 0 Å². The van der Waals surface area contributed by atoms with E-state index in [1.165, 1.54) is 48.6 Å². The highest BCUT2D eigenvalue weighted by molar-refractivity contribution is 8.00. The van der Waals surface area contributed by atoms with Gasteiger partial charge in [-0.3, -0.25) is 0 Å². The molecule has 0 saturated carbocycles. The minimum atomic E-state index is -0.428. The van der Waals surface area contributed by atoms with Gasteiger partial charge in [-0.25, -0.2) is 9.18 Å². The Morgan fingerprint density at radius 1 is 1.32 bits per heavy atom. The summed E-state index contributed by atoms with van der Waals surface area (Å²) in [6.07, 6.45) is 1.46. The van der Waals surface area contributed by atoms with E-state index in [9.17, 15) is 9.18 Å². The maximum atomic E-state index is 12.9. The molecule has 3 aromatic rings. The first kappa shape index (κ1) is 17.4. The van der Waals surface area contributed by atoms with Crippen LogP contribution in [0.1, 0.15) is 21.7 Å².